The molecular formula is C19H21FN2O2. The standard InChI is InChI=1S/C19H21FN2O2/c1-14-3-2-4-18(21-14)24-17-9-11-22(12-10-17)19(23)13-15-5-7-16(20)8-6-15/h2-8,17H,9-13H2,1H3. The number of ether oxygens (including phenoxy) is 1. The number of rotatable bonds is 4. The van der Waals surface area contributed by atoms with Gasteiger partial charge in [-0.2, -0.15) is 0 Å². The summed E-state index contributed by atoms with van der Waals surface area (Å²) in [5, 5.41) is 0. The van der Waals surface area contributed by atoms with Gasteiger partial charge >= 0.3 is 0 Å². The van der Waals surface area contributed by atoms with E-state index in [9.17, 15) is 9.18 Å². The number of carbonyl (C=O) groups is 1. The lowest BCUT2D eigenvalue weighted by Crippen LogP contribution is -2.42. The van der Waals surface area contributed by atoms with Crippen molar-refractivity contribution < 1.29 is 13.9 Å². The second kappa shape index (κ2) is 7.43. The first-order valence-corrected chi connectivity index (χ1v) is 8.23. The Kier molecular flexibility index (Phi) is 5.08. The highest BCUT2D eigenvalue weighted by atomic mass is 19.1. The van der Waals surface area contributed by atoms with E-state index in [2.05, 4.69) is 4.98 Å². The van der Waals surface area contributed by atoms with Gasteiger partial charge in [0.1, 0.15) is 11.9 Å². The van der Waals surface area contributed by atoms with E-state index in [1.165, 1.54) is 12.1 Å². The molecule has 0 saturated carbocycles. The van der Waals surface area contributed by atoms with Crippen LogP contribution in [0.3, 0.4) is 0 Å². The molecule has 1 amide bonds. The lowest BCUT2D eigenvalue weighted by atomic mass is 10.1. The van der Waals surface area contributed by atoms with Crippen LogP contribution in [0.25, 0.3) is 0 Å². The van der Waals surface area contributed by atoms with Crippen molar-refractivity contribution in [1.29, 1.82) is 0 Å². The van der Waals surface area contributed by atoms with Crippen molar-refractivity contribution in [2.45, 2.75) is 32.3 Å². The minimum atomic E-state index is -0.283. The van der Waals surface area contributed by atoms with E-state index in [1.54, 1.807) is 12.1 Å². The number of halogens is 1. The molecule has 2 aromatic rings. The maximum atomic E-state index is 12.9. The summed E-state index contributed by atoms with van der Waals surface area (Å²) < 4.78 is 18.8. The van der Waals surface area contributed by atoms with Crippen LogP contribution in [0.4, 0.5) is 4.39 Å². The van der Waals surface area contributed by atoms with Crippen LogP contribution in [0.2, 0.25) is 0 Å². The molecule has 1 aromatic carbocycles. The minimum Gasteiger partial charge on any atom is -0.474 e. The molecule has 126 valence electrons. The Labute approximate surface area is 141 Å². The second-order valence-corrected chi connectivity index (χ2v) is 6.12. The second-order valence-electron chi connectivity index (χ2n) is 6.12. The molecule has 0 aliphatic carbocycles. The van der Waals surface area contributed by atoms with Gasteiger partial charge in [-0.25, -0.2) is 9.37 Å². The van der Waals surface area contributed by atoms with Gasteiger partial charge in [0.05, 0.1) is 6.42 Å². The van der Waals surface area contributed by atoms with E-state index in [0.717, 1.165) is 24.1 Å². The van der Waals surface area contributed by atoms with Crippen LogP contribution >= 0.6 is 0 Å². The smallest absolute Gasteiger partial charge is 0.226 e. The van der Waals surface area contributed by atoms with Crippen molar-refractivity contribution in [1.82, 2.24) is 9.88 Å². The first kappa shape index (κ1) is 16.4. The number of benzene rings is 1. The van der Waals surface area contributed by atoms with Gasteiger partial charge in [-0.1, -0.05) is 18.2 Å². The average molecular weight is 328 g/mol. The molecule has 0 spiro atoms. The zero-order chi connectivity index (χ0) is 16.9. The Morgan fingerprint density at radius 1 is 1.21 bits per heavy atom. The maximum absolute atomic E-state index is 12.9. The Morgan fingerprint density at radius 2 is 1.92 bits per heavy atom. The fourth-order valence-corrected chi connectivity index (χ4v) is 2.87. The van der Waals surface area contributed by atoms with Crippen molar-refractivity contribution in [3.05, 3.63) is 59.5 Å². The molecule has 1 aliphatic heterocycles. The first-order chi connectivity index (χ1) is 11.6. The van der Waals surface area contributed by atoms with Gasteiger partial charge in [-0.15, -0.1) is 0 Å². The normalized spacial score (nSPS) is 15.3. The third-order valence-corrected chi connectivity index (χ3v) is 4.21. The summed E-state index contributed by atoms with van der Waals surface area (Å²) in [5.74, 6) is 0.439. The quantitative estimate of drug-likeness (QED) is 0.866. The summed E-state index contributed by atoms with van der Waals surface area (Å²) >= 11 is 0. The van der Waals surface area contributed by atoms with Crippen molar-refractivity contribution >= 4 is 5.91 Å². The molecule has 0 atom stereocenters. The molecule has 1 aliphatic rings. The molecule has 2 heterocycles. The summed E-state index contributed by atoms with van der Waals surface area (Å²) in [6.07, 6.45) is 2.00. The highest BCUT2D eigenvalue weighted by Crippen LogP contribution is 2.18. The molecule has 3 rings (SSSR count). The zero-order valence-corrected chi connectivity index (χ0v) is 13.7. The van der Waals surface area contributed by atoms with Crippen molar-refractivity contribution in [2.24, 2.45) is 0 Å². The molecule has 24 heavy (non-hydrogen) atoms. The summed E-state index contributed by atoms with van der Waals surface area (Å²) in [4.78, 5) is 18.5. The van der Waals surface area contributed by atoms with E-state index in [0.29, 0.717) is 25.4 Å². The molecule has 5 heteroatoms. The van der Waals surface area contributed by atoms with Crippen LogP contribution < -0.4 is 4.74 Å². The SMILES string of the molecule is Cc1cccc(OC2CCN(C(=O)Cc3ccc(F)cc3)CC2)n1. The molecule has 0 bridgehead atoms. The number of hydrogen-bond donors (Lipinski definition) is 0. The predicted octanol–water partition coefficient (Wildman–Crippen LogP) is 3.14. The molecule has 1 fully saturated rings. The molecule has 4 nitrogen and oxygen atoms in total. The number of aryl methyl sites for hydroxylation is 1. The Hall–Kier alpha value is -2.43. The van der Waals surface area contributed by atoms with Crippen molar-refractivity contribution in [3.8, 4) is 5.88 Å². The molecule has 0 radical (unpaired) electrons. The molecular weight excluding hydrogens is 307 g/mol. The number of hydrogen-bond acceptors (Lipinski definition) is 3. The van der Waals surface area contributed by atoms with Crippen molar-refractivity contribution in [3.63, 3.8) is 0 Å². The highest BCUT2D eigenvalue weighted by molar-refractivity contribution is 5.78. The van der Waals surface area contributed by atoms with Crippen molar-refractivity contribution in [2.75, 3.05) is 13.1 Å². The first-order valence-electron chi connectivity index (χ1n) is 8.23. The van der Waals surface area contributed by atoms with Crippen LogP contribution in [0, 0.1) is 12.7 Å². The summed E-state index contributed by atoms with van der Waals surface area (Å²) in [6.45, 7) is 3.29. The molecule has 1 aromatic heterocycles. The lowest BCUT2D eigenvalue weighted by Gasteiger charge is -2.32. The minimum absolute atomic E-state index is 0.0775. The van der Waals surface area contributed by atoms with Gasteiger partial charge < -0.3 is 9.64 Å². The van der Waals surface area contributed by atoms with Crippen LogP contribution in [0.15, 0.2) is 42.5 Å². The van der Waals surface area contributed by atoms with Gasteiger partial charge in [-0.05, 0) is 30.7 Å². The third-order valence-electron chi connectivity index (χ3n) is 4.21. The number of pyridine rings is 1. The van der Waals surface area contributed by atoms with Gasteiger partial charge in [0.2, 0.25) is 11.8 Å². The average Bonchev–Trinajstić information content (AvgIpc) is 2.57. The fraction of sp³-hybridized carbons (Fsp3) is 0.368. The van der Waals surface area contributed by atoms with E-state index in [1.807, 2.05) is 30.0 Å². The van der Waals surface area contributed by atoms with E-state index in [4.69, 9.17) is 4.74 Å². The Morgan fingerprint density at radius 3 is 2.58 bits per heavy atom. The highest BCUT2D eigenvalue weighted by Gasteiger charge is 2.24. The van der Waals surface area contributed by atoms with Crippen LogP contribution in [0.1, 0.15) is 24.1 Å². The summed E-state index contributed by atoms with van der Waals surface area (Å²) in [6, 6.07) is 11.8. The van der Waals surface area contributed by atoms with Crippen LogP contribution in [-0.4, -0.2) is 35.0 Å². The lowest BCUT2D eigenvalue weighted by molar-refractivity contribution is -0.132. The number of likely N-dealkylation sites (tertiary alicyclic amines) is 1. The molecule has 0 unspecified atom stereocenters. The number of aromatic nitrogens is 1. The Balaban J connectivity index is 1.49. The van der Waals surface area contributed by atoms with E-state index < -0.39 is 0 Å². The fourth-order valence-electron chi connectivity index (χ4n) is 2.87. The monoisotopic (exact) mass is 328 g/mol. The third kappa shape index (κ3) is 4.31. The van der Waals surface area contributed by atoms with Crippen LogP contribution in [-0.2, 0) is 11.2 Å². The Bertz CT molecular complexity index is 695. The zero-order valence-electron chi connectivity index (χ0n) is 13.7. The van der Waals surface area contributed by atoms with Gasteiger partial charge in [0.15, 0.2) is 0 Å². The summed E-state index contributed by atoms with van der Waals surface area (Å²) in [5.41, 5.74) is 1.77. The number of carbonyl (C=O) groups excluding carboxylic acids is 1. The maximum Gasteiger partial charge on any atom is 0.226 e. The van der Waals surface area contributed by atoms with E-state index >= 15 is 0 Å². The predicted molar refractivity (Wildman–Crippen MR) is 89.3 cm³/mol. The summed E-state index contributed by atoms with van der Waals surface area (Å²) in [7, 11) is 0. The molecule has 0 N–H and O–H groups in total. The van der Waals surface area contributed by atoms with Crippen LogP contribution in [0.5, 0.6) is 5.88 Å². The number of amides is 1. The van der Waals surface area contributed by atoms with E-state index in [-0.39, 0.29) is 17.8 Å². The topological polar surface area (TPSA) is 42.4 Å². The largest absolute Gasteiger partial charge is 0.474 e. The molecule has 1 saturated heterocycles. The van der Waals surface area contributed by atoms with Gasteiger partial charge in [-0.3, -0.25) is 4.79 Å². The van der Waals surface area contributed by atoms with Gasteiger partial charge in [0, 0.05) is 37.7 Å². The number of nitrogens with zero attached hydrogens (tertiary/aromatic N) is 2. The van der Waals surface area contributed by atoms with Gasteiger partial charge in [0.25, 0.3) is 0 Å². The number of piperidine rings is 1.